The Bertz CT molecular complexity index is 711. The number of allylic oxidation sites excluding steroid dienone is 1. The van der Waals surface area contributed by atoms with Gasteiger partial charge in [0, 0.05) is 11.8 Å². The van der Waals surface area contributed by atoms with E-state index in [2.05, 4.69) is 13.8 Å². The molecule has 1 N–H and O–H groups in total. The zero-order valence-electron chi connectivity index (χ0n) is 16.3. The lowest BCUT2D eigenvalue weighted by molar-refractivity contribution is -0.181. The van der Waals surface area contributed by atoms with Gasteiger partial charge in [-0.1, -0.05) is 19.4 Å². The number of carbonyl (C=O) groups excluding carboxylic acids is 3. The van der Waals surface area contributed by atoms with Crippen molar-refractivity contribution in [3.63, 3.8) is 0 Å². The smallest absolute Gasteiger partial charge is 0.294 e. The van der Waals surface area contributed by atoms with Gasteiger partial charge in [0.1, 0.15) is 6.61 Å². The molecule has 0 aromatic carbocycles. The number of hydrogen-bond donors (Lipinski definition) is 1. The second-order valence-electron chi connectivity index (χ2n) is 9.59. The number of rotatable bonds is 4. The van der Waals surface area contributed by atoms with Crippen LogP contribution in [0.5, 0.6) is 0 Å². The minimum Gasteiger partial charge on any atom is -0.453 e. The zero-order chi connectivity index (χ0) is 19.4. The van der Waals surface area contributed by atoms with Crippen LogP contribution in [0.4, 0.5) is 0 Å². The molecule has 3 fully saturated rings. The minimum atomic E-state index is -1.18. The van der Waals surface area contributed by atoms with Gasteiger partial charge in [-0.05, 0) is 74.2 Å². The van der Waals surface area contributed by atoms with Gasteiger partial charge in [-0.2, -0.15) is 0 Å². The summed E-state index contributed by atoms with van der Waals surface area (Å²) < 4.78 is 5.50. The maximum absolute atomic E-state index is 12.7. The first-order chi connectivity index (χ1) is 12.8. The molecule has 4 aliphatic carbocycles. The molecule has 6 atom stereocenters. The summed E-state index contributed by atoms with van der Waals surface area (Å²) >= 11 is 0. The summed E-state index contributed by atoms with van der Waals surface area (Å²) in [6.45, 7) is 4.23. The summed E-state index contributed by atoms with van der Waals surface area (Å²) in [5, 5.41) is 9.56. The van der Waals surface area contributed by atoms with Crippen LogP contribution in [0.25, 0.3) is 0 Å². The predicted octanol–water partition coefficient (Wildman–Crippen LogP) is 2.99. The highest BCUT2D eigenvalue weighted by Crippen LogP contribution is 2.68. The summed E-state index contributed by atoms with van der Waals surface area (Å²) in [4.78, 5) is 35.9. The molecular weight excluding hydrogens is 344 g/mol. The molecule has 0 aliphatic heterocycles. The van der Waals surface area contributed by atoms with Crippen molar-refractivity contribution in [3.05, 3.63) is 11.6 Å². The van der Waals surface area contributed by atoms with E-state index in [1.807, 2.05) is 6.08 Å². The Morgan fingerprint density at radius 3 is 2.63 bits per heavy atom. The van der Waals surface area contributed by atoms with Crippen LogP contribution in [0.3, 0.4) is 0 Å². The van der Waals surface area contributed by atoms with Crippen molar-refractivity contribution in [2.24, 2.45) is 28.6 Å². The normalized spacial score (nSPS) is 46.0. The molecule has 4 rings (SSSR count). The SMILES string of the molecule is C[C@]12CCC(=O)C=C1CC[C@@H]1[C@@H]2CC[C@@]2(C)[C@H]1CC[C@]2(OC=O)C(=O)CO. The number of hydrogen-bond acceptors (Lipinski definition) is 5. The van der Waals surface area contributed by atoms with Crippen molar-refractivity contribution < 1.29 is 24.2 Å². The van der Waals surface area contributed by atoms with Crippen LogP contribution in [0.2, 0.25) is 0 Å². The molecule has 0 spiro atoms. The Balaban J connectivity index is 1.70. The third-order valence-electron chi connectivity index (χ3n) is 8.92. The standard InChI is InChI=1S/C22H30O5/c1-20-8-5-15(25)11-14(20)3-4-16-17(20)6-9-21(2)18(16)7-10-22(21,27-13-24)19(26)12-23/h11,13,16-18,23H,3-10,12H2,1-2H3/t16-,17+,18+,20+,21+,22+/m1/s1. The minimum absolute atomic E-state index is 0.0793. The van der Waals surface area contributed by atoms with Crippen molar-refractivity contribution >= 4 is 18.0 Å². The van der Waals surface area contributed by atoms with Gasteiger partial charge in [0.2, 0.25) is 5.78 Å². The lowest BCUT2D eigenvalue weighted by Crippen LogP contribution is -2.59. The van der Waals surface area contributed by atoms with Gasteiger partial charge in [0.15, 0.2) is 11.4 Å². The van der Waals surface area contributed by atoms with Gasteiger partial charge in [-0.3, -0.25) is 14.4 Å². The van der Waals surface area contributed by atoms with E-state index in [9.17, 15) is 19.5 Å². The molecule has 148 valence electrons. The van der Waals surface area contributed by atoms with E-state index in [-0.39, 0.29) is 17.0 Å². The van der Waals surface area contributed by atoms with Crippen LogP contribution in [0.1, 0.15) is 65.2 Å². The maximum atomic E-state index is 12.7. The predicted molar refractivity (Wildman–Crippen MR) is 98.7 cm³/mol. The van der Waals surface area contributed by atoms with E-state index in [4.69, 9.17) is 4.74 Å². The van der Waals surface area contributed by atoms with Crippen molar-refractivity contribution in [2.45, 2.75) is 70.8 Å². The van der Waals surface area contributed by atoms with E-state index in [1.54, 1.807) is 0 Å². The molecule has 4 aliphatic rings. The first kappa shape index (κ1) is 18.9. The average Bonchev–Trinajstić information content (AvgIpc) is 2.95. The first-order valence-electron chi connectivity index (χ1n) is 10.3. The fourth-order valence-electron chi connectivity index (χ4n) is 7.48. The van der Waals surface area contributed by atoms with Crippen LogP contribution in [0.15, 0.2) is 11.6 Å². The summed E-state index contributed by atoms with van der Waals surface area (Å²) in [5.41, 5.74) is -0.200. The van der Waals surface area contributed by atoms with Gasteiger partial charge in [-0.15, -0.1) is 0 Å². The quantitative estimate of drug-likeness (QED) is 0.765. The molecule has 0 heterocycles. The molecule has 5 nitrogen and oxygen atoms in total. The Kier molecular flexibility index (Phi) is 4.37. The molecular formula is C22H30O5. The van der Waals surface area contributed by atoms with Crippen molar-refractivity contribution in [3.8, 4) is 0 Å². The number of ether oxygens (including phenoxy) is 1. The molecule has 0 saturated heterocycles. The summed E-state index contributed by atoms with van der Waals surface area (Å²) in [6, 6.07) is 0. The number of fused-ring (bicyclic) bond motifs is 5. The van der Waals surface area contributed by atoms with Crippen molar-refractivity contribution in [1.29, 1.82) is 0 Å². The Hall–Kier alpha value is -1.49. The van der Waals surface area contributed by atoms with Crippen LogP contribution >= 0.6 is 0 Å². The van der Waals surface area contributed by atoms with Gasteiger partial charge < -0.3 is 9.84 Å². The monoisotopic (exact) mass is 374 g/mol. The molecule has 0 radical (unpaired) electrons. The number of carbonyl (C=O) groups is 3. The Labute approximate surface area is 160 Å². The lowest BCUT2D eigenvalue weighted by atomic mass is 9.46. The second kappa shape index (κ2) is 6.26. The average molecular weight is 374 g/mol. The molecule has 0 aromatic heterocycles. The number of ketones is 2. The van der Waals surface area contributed by atoms with Gasteiger partial charge in [0.25, 0.3) is 6.47 Å². The molecule has 5 heteroatoms. The molecule has 0 unspecified atom stereocenters. The molecule has 0 amide bonds. The Morgan fingerprint density at radius 2 is 1.93 bits per heavy atom. The number of Topliss-reactive ketones (excluding diaryl/α,β-unsaturated/α-hetero) is 1. The third kappa shape index (κ3) is 2.36. The van der Waals surface area contributed by atoms with Gasteiger partial charge in [-0.25, -0.2) is 0 Å². The Morgan fingerprint density at radius 1 is 1.19 bits per heavy atom. The topological polar surface area (TPSA) is 80.7 Å². The van der Waals surface area contributed by atoms with Crippen LogP contribution in [-0.4, -0.2) is 35.4 Å². The van der Waals surface area contributed by atoms with Crippen LogP contribution in [0, 0.1) is 28.6 Å². The molecule has 0 bridgehead atoms. The molecule has 0 aromatic rings. The summed E-state index contributed by atoms with van der Waals surface area (Å²) in [5.74, 6) is 1.20. The number of aliphatic hydroxyl groups excluding tert-OH is 1. The van der Waals surface area contributed by atoms with Crippen LogP contribution in [-0.2, 0) is 19.1 Å². The highest BCUT2D eigenvalue weighted by molar-refractivity contribution is 5.92. The second-order valence-corrected chi connectivity index (χ2v) is 9.59. The maximum Gasteiger partial charge on any atom is 0.294 e. The van der Waals surface area contributed by atoms with Crippen LogP contribution < -0.4 is 0 Å². The van der Waals surface area contributed by atoms with Gasteiger partial charge in [0.05, 0.1) is 0 Å². The van der Waals surface area contributed by atoms with E-state index >= 15 is 0 Å². The van der Waals surface area contributed by atoms with Crippen molar-refractivity contribution in [2.75, 3.05) is 6.61 Å². The van der Waals surface area contributed by atoms with Crippen molar-refractivity contribution in [1.82, 2.24) is 0 Å². The summed E-state index contributed by atoms with van der Waals surface area (Å²) in [6.07, 6.45) is 8.59. The van der Waals surface area contributed by atoms with E-state index in [0.717, 1.165) is 38.5 Å². The van der Waals surface area contributed by atoms with E-state index in [1.165, 1.54) is 5.57 Å². The number of aliphatic hydroxyl groups is 1. The lowest BCUT2D eigenvalue weighted by Gasteiger charge is -2.59. The third-order valence-corrected chi connectivity index (χ3v) is 8.92. The van der Waals surface area contributed by atoms with E-state index < -0.39 is 17.6 Å². The largest absolute Gasteiger partial charge is 0.453 e. The molecule has 3 saturated carbocycles. The fourth-order valence-corrected chi connectivity index (χ4v) is 7.48. The highest BCUT2D eigenvalue weighted by atomic mass is 16.5. The first-order valence-corrected chi connectivity index (χ1v) is 10.3. The van der Waals surface area contributed by atoms with Gasteiger partial charge >= 0.3 is 0 Å². The zero-order valence-corrected chi connectivity index (χ0v) is 16.3. The molecule has 27 heavy (non-hydrogen) atoms. The highest BCUT2D eigenvalue weighted by Gasteiger charge is 2.68. The fraction of sp³-hybridized carbons (Fsp3) is 0.773. The summed E-state index contributed by atoms with van der Waals surface area (Å²) in [7, 11) is 0. The van der Waals surface area contributed by atoms with E-state index in [0.29, 0.717) is 37.1 Å².